The maximum Gasteiger partial charge on any atom is -0.0242 e. The van der Waals surface area contributed by atoms with Crippen LogP contribution in [0.4, 0.5) is 0 Å². The lowest BCUT2D eigenvalue weighted by atomic mass is 9.99. The molecule has 0 radical (unpaired) electrons. The molecule has 0 aromatic heterocycles. The van der Waals surface area contributed by atoms with Gasteiger partial charge in [0.25, 0.3) is 0 Å². The van der Waals surface area contributed by atoms with Crippen molar-refractivity contribution in [3.63, 3.8) is 0 Å². The van der Waals surface area contributed by atoms with E-state index in [0.29, 0.717) is 0 Å². The number of aryl methyl sites for hydroxylation is 1. The molecule has 1 aliphatic carbocycles. The molecule has 1 saturated carbocycles. The van der Waals surface area contributed by atoms with Crippen LogP contribution >= 0.6 is 0 Å². The lowest BCUT2D eigenvalue weighted by Gasteiger charge is -2.07. The lowest BCUT2D eigenvalue weighted by Crippen LogP contribution is -1.94. The summed E-state index contributed by atoms with van der Waals surface area (Å²) < 4.78 is 0. The summed E-state index contributed by atoms with van der Waals surface area (Å²) in [5.41, 5.74) is 3.09. The molecule has 0 nitrogen and oxygen atoms in total. The van der Waals surface area contributed by atoms with Crippen molar-refractivity contribution in [1.82, 2.24) is 0 Å². The maximum absolute atomic E-state index is 3.78. The van der Waals surface area contributed by atoms with Crippen molar-refractivity contribution in [1.29, 1.82) is 0 Å². The van der Waals surface area contributed by atoms with Crippen molar-refractivity contribution in [2.24, 2.45) is 5.92 Å². The highest BCUT2D eigenvalue weighted by molar-refractivity contribution is 5.28. The fourth-order valence-corrected chi connectivity index (χ4v) is 1.89. The highest BCUT2D eigenvalue weighted by atomic mass is 14.3. The SMILES string of the molecule is C=CCCc1ccccc1CC1CC1. The largest absolute Gasteiger partial charge is 0.103 e. The minimum Gasteiger partial charge on any atom is -0.103 e. The Hall–Kier alpha value is -1.04. The minimum atomic E-state index is 0.986. The summed E-state index contributed by atoms with van der Waals surface area (Å²) in [6.07, 6.45) is 8.45. The van der Waals surface area contributed by atoms with Gasteiger partial charge in [-0.25, -0.2) is 0 Å². The van der Waals surface area contributed by atoms with Gasteiger partial charge in [0.15, 0.2) is 0 Å². The van der Waals surface area contributed by atoms with Gasteiger partial charge in [0.1, 0.15) is 0 Å². The van der Waals surface area contributed by atoms with Crippen LogP contribution in [-0.4, -0.2) is 0 Å². The first-order valence-electron chi connectivity index (χ1n) is 5.58. The summed E-state index contributed by atoms with van der Waals surface area (Å²) >= 11 is 0. The molecule has 1 aliphatic rings. The molecule has 1 aromatic rings. The smallest absolute Gasteiger partial charge is 0.0242 e. The molecular formula is C14H18. The van der Waals surface area contributed by atoms with E-state index in [1.165, 1.54) is 24.8 Å². The van der Waals surface area contributed by atoms with Gasteiger partial charge in [-0.15, -0.1) is 6.58 Å². The van der Waals surface area contributed by atoms with Crippen LogP contribution in [0.25, 0.3) is 0 Å². The van der Waals surface area contributed by atoms with Gasteiger partial charge in [0.05, 0.1) is 0 Å². The summed E-state index contributed by atoms with van der Waals surface area (Å²) in [7, 11) is 0. The Labute approximate surface area is 86.7 Å². The molecule has 0 heterocycles. The Balaban J connectivity index is 2.05. The predicted octanol–water partition coefficient (Wildman–Crippen LogP) is 3.76. The van der Waals surface area contributed by atoms with Crippen molar-refractivity contribution in [3.8, 4) is 0 Å². The molecule has 0 N–H and O–H groups in total. The minimum absolute atomic E-state index is 0.986. The van der Waals surface area contributed by atoms with Crippen LogP contribution in [0, 0.1) is 5.92 Å². The van der Waals surface area contributed by atoms with Gasteiger partial charge in [0, 0.05) is 0 Å². The van der Waals surface area contributed by atoms with Gasteiger partial charge < -0.3 is 0 Å². The summed E-state index contributed by atoms with van der Waals surface area (Å²) in [6.45, 7) is 3.78. The van der Waals surface area contributed by atoms with Crippen molar-refractivity contribution in [3.05, 3.63) is 48.0 Å². The van der Waals surface area contributed by atoms with Gasteiger partial charge in [-0.05, 0) is 49.1 Å². The first-order valence-corrected chi connectivity index (χ1v) is 5.58. The van der Waals surface area contributed by atoms with Crippen LogP contribution in [-0.2, 0) is 12.8 Å². The molecule has 0 atom stereocenters. The third-order valence-corrected chi connectivity index (χ3v) is 2.94. The Kier molecular flexibility index (Phi) is 3.03. The van der Waals surface area contributed by atoms with Crippen molar-refractivity contribution in [2.75, 3.05) is 0 Å². The molecule has 0 bridgehead atoms. The Morgan fingerprint density at radius 1 is 1.21 bits per heavy atom. The van der Waals surface area contributed by atoms with Crippen LogP contribution in [0.5, 0.6) is 0 Å². The molecular weight excluding hydrogens is 168 g/mol. The summed E-state index contributed by atoms with van der Waals surface area (Å²) in [5, 5.41) is 0. The zero-order valence-corrected chi connectivity index (χ0v) is 8.71. The van der Waals surface area contributed by atoms with E-state index in [2.05, 4.69) is 30.8 Å². The molecule has 2 rings (SSSR count). The first kappa shape index (κ1) is 9.51. The zero-order valence-electron chi connectivity index (χ0n) is 8.71. The summed E-state index contributed by atoms with van der Waals surface area (Å²) in [4.78, 5) is 0. The normalized spacial score (nSPS) is 15.4. The first-order chi connectivity index (χ1) is 6.90. The number of benzene rings is 1. The second-order valence-corrected chi connectivity index (χ2v) is 4.24. The van der Waals surface area contributed by atoms with Gasteiger partial charge in [-0.1, -0.05) is 30.3 Å². The highest BCUT2D eigenvalue weighted by Crippen LogP contribution is 2.33. The van der Waals surface area contributed by atoms with Gasteiger partial charge in [0.2, 0.25) is 0 Å². The van der Waals surface area contributed by atoms with Gasteiger partial charge in [-0.3, -0.25) is 0 Å². The van der Waals surface area contributed by atoms with Crippen molar-refractivity contribution >= 4 is 0 Å². The van der Waals surface area contributed by atoms with Gasteiger partial charge in [-0.2, -0.15) is 0 Å². The Morgan fingerprint density at radius 2 is 1.93 bits per heavy atom. The van der Waals surface area contributed by atoms with E-state index in [-0.39, 0.29) is 0 Å². The molecule has 0 aliphatic heterocycles. The third kappa shape index (κ3) is 2.47. The Morgan fingerprint density at radius 3 is 2.57 bits per heavy atom. The molecule has 0 saturated heterocycles. The van der Waals surface area contributed by atoms with E-state index < -0.39 is 0 Å². The van der Waals surface area contributed by atoms with Gasteiger partial charge >= 0.3 is 0 Å². The highest BCUT2D eigenvalue weighted by Gasteiger charge is 2.22. The van der Waals surface area contributed by atoms with Crippen molar-refractivity contribution in [2.45, 2.75) is 32.1 Å². The average Bonchev–Trinajstić information content (AvgIpc) is 3.01. The maximum atomic E-state index is 3.78. The number of rotatable bonds is 5. The molecule has 14 heavy (non-hydrogen) atoms. The Bertz CT molecular complexity index is 308. The summed E-state index contributed by atoms with van der Waals surface area (Å²) in [6, 6.07) is 8.86. The second kappa shape index (κ2) is 4.45. The standard InChI is InChI=1S/C14H18/c1-2-3-6-13-7-4-5-8-14(13)11-12-9-10-12/h2,4-5,7-8,12H,1,3,6,9-11H2. The van der Waals surface area contributed by atoms with E-state index in [9.17, 15) is 0 Å². The van der Waals surface area contributed by atoms with E-state index in [1.807, 2.05) is 6.08 Å². The predicted molar refractivity (Wildman–Crippen MR) is 61.4 cm³/mol. The third-order valence-electron chi connectivity index (χ3n) is 2.94. The average molecular weight is 186 g/mol. The molecule has 0 unspecified atom stereocenters. The van der Waals surface area contributed by atoms with E-state index in [1.54, 1.807) is 5.56 Å². The van der Waals surface area contributed by atoms with E-state index in [0.717, 1.165) is 18.8 Å². The molecule has 0 amide bonds. The van der Waals surface area contributed by atoms with Crippen LogP contribution in [0.3, 0.4) is 0 Å². The van der Waals surface area contributed by atoms with Crippen LogP contribution < -0.4 is 0 Å². The van der Waals surface area contributed by atoms with Crippen LogP contribution in [0.1, 0.15) is 30.4 Å². The van der Waals surface area contributed by atoms with E-state index >= 15 is 0 Å². The molecule has 1 aromatic carbocycles. The van der Waals surface area contributed by atoms with Crippen LogP contribution in [0.2, 0.25) is 0 Å². The van der Waals surface area contributed by atoms with E-state index in [4.69, 9.17) is 0 Å². The van der Waals surface area contributed by atoms with Crippen molar-refractivity contribution < 1.29 is 0 Å². The fourth-order valence-electron chi connectivity index (χ4n) is 1.89. The number of hydrogen-bond donors (Lipinski definition) is 0. The quantitative estimate of drug-likeness (QED) is 0.614. The topological polar surface area (TPSA) is 0 Å². The van der Waals surface area contributed by atoms with Crippen LogP contribution in [0.15, 0.2) is 36.9 Å². The molecule has 0 spiro atoms. The zero-order chi connectivity index (χ0) is 9.80. The second-order valence-electron chi connectivity index (χ2n) is 4.24. The molecule has 1 fully saturated rings. The lowest BCUT2D eigenvalue weighted by molar-refractivity contribution is 0.813. The monoisotopic (exact) mass is 186 g/mol. The number of allylic oxidation sites excluding steroid dienone is 1. The molecule has 0 heteroatoms. The summed E-state index contributed by atoms with van der Waals surface area (Å²) in [5.74, 6) is 0.986. The number of hydrogen-bond acceptors (Lipinski definition) is 0. The molecule has 74 valence electrons. The fraction of sp³-hybridized carbons (Fsp3) is 0.429.